The molecule has 170 valence electrons. The zero-order valence-electron chi connectivity index (χ0n) is 17.0. The molecule has 0 bridgehead atoms. The van der Waals surface area contributed by atoms with Gasteiger partial charge in [0.15, 0.2) is 17.2 Å². The van der Waals surface area contributed by atoms with Gasteiger partial charge in [-0.1, -0.05) is 17.3 Å². The van der Waals surface area contributed by atoms with Crippen LogP contribution in [0.4, 0.5) is 11.5 Å². The fourth-order valence-corrected chi connectivity index (χ4v) is 3.20. The van der Waals surface area contributed by atoms with Gasteiger partial charge in [-0.25, -0.2) is 10.1 Å². The van der Waals surface area contributed by atoms with Crippen LogP contribution in [0, 0.1) is 10.1 Å². The number of carbonyl (C=O) groups excluding carboxylic acids is 1. The lowest BCUT2D eigenvalue weighted by atomic mass is 10.1. The monoisotopic (exact) mass is 463 g/mol. The number of hydrogen-bond donors (Lipinski definition) is 2. The highest BCUT2D eigenvalue weighted by molar-refractivity contribution is 5.99. The number of hydrogen-bond acceptors (Lipinski definition) is 12. The molecule has 5 rings (SSSR count). The van der Waals surface area contributed by atoms with E-state index >= 15 is 0 Å². The van der Waals surface area contributed by atoms with E-state index in [2.05, 4.69) is 35.8 Å². The molecule has 0 atom stereocenters. The van der Waals surface area contributed by atoms with Gasteiger partial charge >= 0.3 is 0 Å². The second kappa shape index (κ2) is 8.30. The van der Waals surface area contributed by atoms with Crippen LogP contribution < -0.4 is 20.6 Å². The average molecular weight is 463 g/mol. The lowest BCUT2D eigenvalue weighted by Gasteiger charge is -2.07. The molecule has 0 aliphatic carbocycles. The van der Waals surface area contributed by atoms with E-state index < -0.39 is 10.8 Å². The van der Waals surface area contributed by atoms with Crippen LogP contribution in [0.3, 0.4) is 0 Å². The molecule has 0 saturated carbocycles. The lowest BCUT2D eigenvalue weighted by Crippen LogP contribution is -2.19. The quantitative estimate of drug-likeness (QED) is 0.237. The Morgan fingerprint density at radius 3 is 2.82 bits per heavy atom. The zero-order valence-corrected chi connectivity index (χ0v) is 17.0. The molecular formula is C19H13N9O6. The van der Waals surface area contributed by atoms with E-state index in [-0.39, 0.29) is 41.1 Å². The van der Waals surface area contributed by atoms with Gasteiger partial charge in [0.25, 0.3) is 11.6 Å². The molecule has 1 aliphatic heterocycles. The summed E-state index contributed by atoms with van der Waals surface area (Å²) in [5.74, 6) is 0.183. The highest BCUT2D eigenvalue weighted by Crippen LogP contribution is 2.37. The molecule has 0 radical (unpaired) electrons. The van der Waals surface area contributed by atoms with Gasteiger partial charge < -0.3 is 15.2 Å². The molecule has 4 aromatic rings. The molecule has 34 heavy (non-hydrogen) atoms. The predicted octanol–water partition coefficient (Wildman–Crippen LogP) is 1.30. The molecule has 15 nitrogen and oxygen atoms in total. The number of carbonyl (C=O) groups is 1. The van der Waals surface area contributed by atoms with E-state index in [1.165, 1.54) is 22.9 Å². The predicted molar refractivity (Wildman–Crippen MR) is 113 cm³/mol. The van der Waals surface area contributed by atoms with Crippen molar-refractivity contribution in [1.82, 2.24) is 30.7 Å². The number of hydrazone groups is 1. The van der Waals surface area contributed by atoms with Gasteiger partial charge in [-0.05, 0) is 34.6 Å². The van der Waals surface area contributed by atoms with Crippen LogP contribution in [0.1, 0.15) is 16.1 Å². The summed E-state index contributed by atoms with van der Waals surface area (Å²) < 4.78 is 16.6. The van der Waals surface area contributed by atoms with E-state index in [1.807, 2.05) is 0 Å². The third-order valence-electron chi connectivity index (χ3n) is 4.73. The second-order valence-electron chi connectivity index (χ2n) is 6.75. The molecule has 0 unspecified atom stereocenters. The minimum absolute atomic E-state index is 0.0163. The molecule has 15 heteroatoms. The van der Waals surface area contributed by atoms with Crippen molar-refractivity contribution in [3.8, 4) is 28.6 Å². The molecular weight excluding hydrogens is 450 g/mol. The number of nitrogens with one attached hydrogen (secondary N) is 1. The largest absolute Gasteiger partial charge is 0.454 e. The van der Waals surface area contributed by atoms with Crippen molar-refractivity contribution in [2.75, 3.05) is 12.5 Å². The maximum absolute atomic E-state index is 12.9. The smallest absolute Gasteiger partial charge is 0.294 e. The first-order chi connectivity index (χ1) is 16.5. The maximum atomic E-state index is 12.9. The standard InChI is InChI=1S/C19H13N9O6/c20-17-18(25-34-24-17)27-16(10-5-6-13-14(7-10)33-9-32-13)15(22-26-27)19(29)23-21-8-11-3-1-2-4-12(11)28(30)31/h1-8H,9H2,(H2,20,24)(H,23,29). The maximum Gasteiger partial charge on any atom is 0.294 e. The van der Waals surface area contributed by atoms with Gasteiger partial charge in [0, 0.05) is 11.6 Å². The normalized spacial score (nSPS) is 12.2. The number of nitrogens with two attached hydrogens (primary N) is 1. The first kappa shape index (κ1) is 20.6. The van der Waals surface area contributed by atoms with Gasteiger partial charge in [0.1, 0.15) is 5.69 Å². The molecule has 1 aliphatic rings. The van der Waals surface area contributed by atoms with Crippen molar-refractivity contribution in [1.29, 1.82) is 0 Å². The Morgan fingerprint density at radius 1 is 1.21 bits per heavy atom. The van der Waals surface area contributed by atoms with Crippen molar-refractivity contribution >= 4 is 23.6 Å². The van der Waals surface area contributed by atoms with Crippen molar-refractivity contribution in [3.63, 3.8) is 0 Å². The van der Waals surface area contributed by atoms with Crippen molar-refractivity contribution in [3.05, 3.63) is 63.8 Å². The Morgan fingerprint density at radius 2 is 2.03 bits per heavy atom. The van der Waals surface area contributed by atoms with Gasteiger partial charge in [-0.15, -0.1) is 5.10 Å². The summed E-state index contributed by atoms with van der Waals surface area (Å²) in [6.45, 7) is 0.0597. The van der Waals surface area contributed by atoms with Crippen molar-refractivity contribution in [2.45, 2.75) is 0 Å². The van der Waals surface area contributed by atoms with E-state index in [0.29, 0.717) is 17.1 Å². The van der Waals surface area contributed by atoms with Gasteiger partial charge in [-0.2, -0.15) is 9.78 Å². The lowest BCUT2D eigenvalue weighted by molar-refractivity contribution is -0.385. The first-order valence-electron chi connectivity index (χ1n) is 9.54. The van der Waals surface area contributed by atoms with E-state index in [1.54, 1.807) is 24.3 Å². The molecule has 0 spiro atoms. The molecule has 0 fully saturated rings. The fraction of sp³-hybridized carbons (Fsp3) is 0.0526. The van der Waals surface area contributed by atoms with E-state index in [9.17, 15) is 14.9 Å². The van der Waals surface area contributed by atoms with Crippen LogP contribution in [0.5, 0.6) is 11.5 Å². The highest BCUT2D eigenvalue weighted by Gasteiger charge is 2.27. The summed E-state index contributed by atoms with van der Waals surface area (Å²) in [4.78, 5) is 23.5. The average Bonchev–Trinajstić information content (AvgIpc) is 3.57. The number of anilines is 1. The number of nitrogens with zero attached hydrogens (tertiary/aromatic N) is 7. The molecule has 1 amide bonds. The number of para-hydroxylation sites is 1. The molecule has 2 aromatic carbocycles. The Bertz CT molecular complexity index is 1440. The SMILES string of the molecule is Nc1nonc1-n1nnc(C(=O)NN=Cc2ccccc2[N+](=O)[O-])c1-c1ccc2c(c1)OCO2. The first-order valence-corrected chi connectivity index (χ1v) is 9.54. The Balaban J connectivity index is 1.51. The number of amides is 1. The Labute approximate surface area is 188 Å². The number of nitrogen functional groups attached to an aromatic ring is 1. The van der Waals surface area contributed by atoms with Gasteiger partial charge in [0.2, 0.25) is 18.4 Å². The number of fused-ring (bicyclic) bond motifs is 1. The van der Waals surface area contributed by atoms with Crippen LogP contribution in [-0.2, 0) is 0 Å². The van der Waals surface area contributed by atoms with Crippen molar-refractivity contribution in [2.24, 2.45) is 5.10 Å². The highest BCUT2D eigenvalue weighted by atomic mass is 16.7. The minimum Gasteiger partial charge on any atom is -0.454 e. The molecule has 0 saturated heterocycles. The van der Waals surface area contributed by atoms with Gasteiger partial charge in [-0.3, -0.25) is 14.9 Å². The number of nitro groups is 1. The fourth-order valence-electron chi connectivity index (χ4n) is 3.20. The number of ether oxygens (including phenoxy) is 2. The van der Waals surface area contributed by atoms with Gasteiger partial charge in [0.05, 0.1) is 16.7 Å². The Kier molecular flexibility index (Phi) is 5.02. The summed E-state index contributed by atoms with van der Waals surface area (Å²) in [5.41, 5.74) is 8.66. The third kappa shape index (κ3) is 3.62. The molecule has 3 N–H and O–H groups in total. The number of nitro benzene ring substituents is 1. The summed E-state index contributed by atoms with van der Waals surface area (Å²) in [6, 6.07) is 10.9. The number of rotatable bonds is 6. The molecule has 2 aromatic heterocycles. The zero-order chi connectivity index (χ0) is 23.7. The van der Waals surface area contributed by atoms with E-state index in [0.717, 1.165) is 6.21 Å². The Hall–Kier alpha value is -5.34. The summed E-state index contributed by atoms with van der Waals surface area (Å²) in [6.07, 6.45) is 1.15. The van der Waals surface area contributed by atoms with Crippen LogP contribution in [0.15, 0.2) is 52.2 Å². The summed E-state index contributed by atoms with van der Waals surface area (Å²) in [5, 5.41) is 30.1. The third-order valence-corrected chi connectivity index (χ3v) is 4.73. The van der Waals surface area contributed by atoms with Crippen LogP contribution in [0.2, 0.25) is 0 Å². The summed E-state index contributed by atoms with van der Waals surface area (Å²) in [7, 11) is 0. The second-order valence-corrected chi connectivity index (χ2v) is 6.75. The van der Waals surface area contributed by atoms with Crippen molar-refractivity contribution < 1.29 is 23.8 Å². The summed E-state index contributed by atoms with van der Waals surface area (Å²) >= 11 is 0. The number of aromatic nitrogens is 5. The van der Waals surface area contributed by atoms with E-state index in [4.69, 9.17) is 15.2 Å². The minimum atomic E-state index is -0.747. The van der Waals surface area contributed by atoms with Crippen LogP contribution in [0.25, 0.3) is 17.1 Å². The topological polar surface area (TPSA) is 199 Å². The molecule has 3 heterocycles. The van der Waals surface area contributed by atoms with Crippen LogP contribution >= 0.6 is 0 Å². The number of benzene rings is 2. The van der Waals surface area contributed by atoms with Crippen LogP contribution in [-0.4, -0.2) is 49.1 Å².